The van der Waals surface area contributed by atoms with Crippen LogP contribution in [-0.4, -0.2) is 24.0 Å². The van der Waals surface area contributed by atoms with Gasteiger partial charge in [-0.1, -0.05) is 30.3 Å². The van der Waals surface area contributed by atoms with Crippen molar-refractivity contribution in [2.24, 2.45) is 11.1 Å². The average Bonchev–Trinajstić information content (AvgIpc) is 2.37. The number of aliphatic carboxylic acids is 1. The van der Waals surface area contributed by atoms with Gasteiger partial charge in [0.1, 0.15) is 5.54 Å². The molecule has 0 fully saturated rings. The lowest BCUT2D eigenvalue weighted by atomic mass is 9.68. The van der Waals surface area contributed by atoms with Gasteiger partial charge in [0.05, 0.1) is 5.41 Å². The largest absolute Gasteiger partial charge is 0.481 e. The summed E-state index contributed by atoms with van der Waals surface area (Å²) >= 11 is 0. The Morgan fingerprint density at radius 3 is 2.11 bits per heavy atom. The number of hydrogen-bond acceptors (Lipinski definition) is 3. The summed E-state index contributed by atoms with van der Waals surface area (Å²) in [7, 11) is 1.44. The second kappa shape index (κ2) is 4.78. The average molecular weight is 250 g/mol. The number of carbonyl (C=O) groups excluding carboxylic acids is 1. The summed E-state index contributed by atoms with van der Waals surface area (Å²) in [5.41, 5.74) is 3.56. The lowest BCUT2D eigenvalue weighted by Crippen LogP contribution is -2.62. The van der Waals surface area contributed by atoms with Crippen LogP contribution in [0.2, 0.25) is 0 Å². The fourth-order valence-electron chi connectivity index (χ4n) is 1.84. The van der Waals surface area contributed by atoms with Gasteiger partial charge in [0, 0.05) is 7.05 Å². The second-order valence-corrected chi connectivity index (χ2v) is 4.68. The summed E-state index contributed by atoms with van der Waals surface area (Å²) in [6.45, 7) is 2.88. The van der Waals surface area contributed by atoms with Crippen LogP contribution in [0, 0.1) is 5.41 Å². The first kappa shape index (κ1) is 14.2. The molecule has 1 aromatic rings. The maximum absolute atomic E-state index is 12.1. The van der Waals surface area contributed by atoms with Crippen molar-refractivity contribution in [2.45, 2.75) is 19.4 Å². The van der Waals surface area contributed by atoms with E-state index in [1.165, 1.54) is 20.9 Å². The summed E-state index contributed by atoms with van der Waals surface area (Å²) in [5.74, 6) is -1.65. The van der Waals surface area contributed by atoms with Gasteiger partial charge in [-0.3, -0.25) is 9.59 Å². The Bertz CT molecular complexity index is 457. The Hall–Kier alpha value is -1.88. The van der Waals surface area contributed by atoms with Gasteiger partial charge in [-0.2, -0.15) is 0 Å². The maximum Gasteiger partial charge on any atom is 0.311 e. The highest BCUT2D eigenvalue weighted by Crippen LogP contribution is 2.38. The Morgan fingerprint density at radius 2 is 1.72 bits per heavy atom. The lowest BCUT2D eigenvalue weighted by molar-refractivity contribution is -0.156. The van der Waals surface area contributed by atoms with E-state index < -0.39 is 22.8 Å². The minimum Gasteiger partial charge on any atom is -0.481 e. The van der Waals surface area contributed by atoms with E-state index in [0.29, 0.717) is 5.56 Å². The van der Waals surface area contributed by atoms with Crippen molar-refractivity contribution in [3.05, 3.63) is 35.9 Å². The van der Waals surface area contributed by atoms with Gasteiger partial charge in [0.2, 0.25) is 5.91 Å². The number of rotatable bonds is 4. The minimum absolute atomic E-state index is 0.469. The molecule has 0 saturated carbocycles. The van der Waals surface area contributed by atoms with Crippen molar-refractivity contribution in [2.75, 3.05) is 7.05 Å². The van der Waals surface area contributed by atoms with Crippen molar-refractivity contribution in [3.8, 4) is 0 Å². The number of nitrogens with one attached hydrogen (secondary N) is 1. The van der Waals surface area contributed by atoms with Crippen LogP contribution in [0.15, 0.2) is 30.3 Å². The Balaban J connectivity index is 3.47. The first-order valence-corrected chi connectivity index (χ1v) is 5.58. The van der Waals surface area contributed by atoms with Crippen LogP contribution in [0.4, 0.5) is 0 Å². The summed E-state index contributed by atoms with van der Waals surface area (Å²) in [6, 6.07) is 8.52. The number of amides is 1. The molecule has 0 radical (unpaired) electrons. The molecule has 0 aromatic heterocycles. The number of carboxylic acid groups (broad SMARTS) is 1. The SMILES string of the molecule is CNC(=O)C(N)(c1ccccc1)C(C)(C)C(=O)O. The minimum atomic E-state index is -1.63. The quantitative estimate of drug-likeness (QED) is 0.733. The third kappa shape index (κ3) is 1.97. The molecule has 4 N–H and O–H groups in total. The van der Waals surface area contributed by atoms with Crippen molar-refractivity contribution in [1.82, 2.24) is 5.32 Å². The highest BCUT2D eigenvalue weighted by Gasteiger charge is 2.53. The van der Waals surface area contributed by atoms with E-state index in [1.807, 2.05) is 0 Å². The Labute approximate surface area is 106 Å². The van der Waals surface area contributed by atoms with Gasteiger partial charge >= 0.3 is 5.97 Å². The molecular weight excluding hydrogens is 232 g/mol. The Kier molecular flexibility index (Phi) is 3.76. The molecule has 0 spiro atoms. The molecule has 0 aliphatic carbocycles. The third-order valence-electron chi connectivity index (χ3n) is 3.33. The molecule has 0 heterocycles. The monoisotopic (exact) mass is 250 g/mol. The fourth-order valence-corrected chi connectivity index (χ4v) is 1.84. The zero-order valence-electron chi connectivity index (χ0n) is 10.7. The van der Waals surface area contributed by atoms with Crippen LogP contribution in [0.5, 0.6) is 0 Å². The van der Waals surface area contributed by atoms with Crippen LogP contribution in [-0.2, 0) is 15.1 Å². The number of nitrogens with two attached hydrogens (primary N) is 1. The predicted molar refractivity (Wildman–Crippen MR) is 67.8 cm³/mol. The van der Waals surface area contributed by atoms with E-state index in [-0.39, 0.29) is 0 Å². The molecule has 18 heavy (non-hydrogen) atoms. The maximum atomic E-state index is 12.1. The van der Waals surface area contributed by atoms with Gasteiger partial charge in [0.15, 0.2) is 0 Å². The molecule has 0 saturated heterocycles. The lowest BCUT2D eigenvalue weighted by Gasteiger charge is -2.39. The van der Waals surface area contributed by atoms with E-state index in [1.54, 1.807) is 30.3 Å². The fraction of sp³-hybridized carbons (Fsp3) is 0.385. The van der Waals surface area contributed by atoms with Crippen LogP contribution in [0.3, 0.4) is 0 Å². The molecule has 1 aromatic carbocycles. The van der Waals surface area contributed by atoms with Gasteiger partial charge in [-0.05, 0) is 19.4 Å². The first-order valence-electron chi connectivity index (χ1n) is 5.58. The molecule has 0 aliphatic heterocycles. The Morgan fingerprint density at radius 1 is 1.22 bits per heavy atom. The van der Waals surface area contributed by atoms with Crippen molar-refractivity contribution in [3.63, 3.8) is 0 Å². The van der Waals surface area contributed by atoms with Gasteiger partial charge in [-0.15, -0.1) is 0 Å². The number of benzene rings is 1. The number of carbonyl (C=O) groups is 2. The summed E-state index contributed by atoms with van der Waals surface area (Å²) in [4.78, 5) is 23.5. The van der Waals surface area contributed by atoms with Crippen molar-refractivity contribution in [1.29, 1.82) is 0 Å². The molecule has 5 heteroatoms. The van der Waals surface area contributed by atoms with E-state index in [9.17, 15) is 14.7 Å². The normalized spacial score (nSPS) is 14.7. The first-order chi connectivity index (χ1) is 8.28. The molecule has 1 rings (SSSR count). The van der Waals surface area contributed by atoms with Crippen LogP contribution in [0.1, 0.15) is 19.4 Å². The molecular formula is C13H18N2O3. The number of likely N-dealkylation sites (N-methyl/N-ethyl adjacent to an activating group) is 1. The van der Waals surface area contributed by atoms with E-state index >= 15 is 0 Å². The van der Waals surface area contributed by atoms with E-state index in [0.717, 1.165) is 0 Å². The van der Waals surface area contributed by atoms with E-state index in [4.69, 9.17) is 5.73 Å². The van der Waals surface area contributed by atoms with Crippen molar-refractivity contribution >= 4 is 11.9 Å². The standard InChI is InChI=1S/C13H18N2O3/c1-12(2,11(17)18)13(14,10(16)15-3)9-7-5-4-6-8-9/h4-8H,14H2,1-3H3,(H,15,16)(H,17,18). The number of carboxylic acids is 1. The van der Waals surface area contributed by atoms with Crippen molar-refractivity contribution < 1.29 is 14.7 Å². The van der Waals surface area contributed by atoms with E-state index in [2.05, 4.69) is 5.32 Å². The van der Waals surface area contributed by atoms with Gasteiger partial charge < -0.3 is 16.2 Å². The number of hydrogen-bond donors (Lipinski definition) is 3. The molecule has 1 atom stereocenters. The molecule has 5 nitrogen and oxygen atoms in total. The van der Waals surface area contributed by atoms with Crippen LogP contribution < -0.4 is 11.1 Å². The molecule has 0 bridgehead atoms. The van der Waals surface area contributed by atoms with Gasteiger partial charge in [0.25, 0.3) is 0 Å². The van der Waals surface area contributed by atoms with Gasteiger partial charge in [-0.25, -0.2) is 0 Å². The second-order valence-electron chi connectivity index (χ2n) is 4.68. The molecule has 0 aliphatic rings. The zero-order chi connectivity index (χ0) is 14.0. The highest BCUT2D eigenvalue weighted by molar-refractivity contribution is 5.94. The third-order valence-corrected chi connectivity index (χ3v) is 3.33. The summed E-state index contributed by atoms with van der Waals surface area (Å²) < 4.78 is 0. The smallest absolute Gasteiger partial charge is 0.311 e. The van der Waals surface area contributed by atoms with Crippen LogP contribution >= 0.6 is 0 Å². The molecule has 1 unspecified atom stereocenters. The molecule has 1 amide bonds. The molecule has 98 valence electrons. The predicted octanol–water partition coefficient (Wildman–Crippen LogP) is 0.697. The summed E-state index contributed by atoms with van der Waals surface area (Å²) in [6.07, 6.45) is 0. The topological polar surface area (TPSA) is 92.4 Å². The summed E-state index contributed by atoms with van der Waals surface area (Å²) in [5, 5.41) is 11.8. The van der Waals surface area contributed by atoms with Crippen LogP contribution in [0.25, 0.3) is 0 Å². The zero-order valence-corrected chi connectivity index (χ0v) is 10.7. The highest BCUT2D eigenvalue weighted by atomic mass is 16.4.